The number of nitrogens with zero attached hydrogens (tertiary/aromatic N) is 1. The third kappa shape index (κ3) is 4.27. The minimum atomic E-state index is -4.06. The highest BCUT2D eigenvalue weighted by atomic mass is 32.2. The van der Waals surface area contributed by atoms with Crippen molar-refractivity contribution in [1.82, 2.24) is 9.29 Å². The highest BCUT2D eigenvalue weighted by Crippen LogP contribution is 2.43. The summed E-state index contributed by atoms with van der Waals surface area (Å²) in [4.78, 5) is 3.39. The maximum absolute atomic E-state index is 15.7. The zero-order valence-electron chi connectivity index (χ0n) is 22.1. The molecule has 37 heavy (non-hydrogen) atoms. The molecular formula is C31H33FN2O2S. The monoisotopic (exact) mass is 516 g/mol. The minimum Gasteiger partial charge on any atom is -0.361 e. The fraction of sp³-hybridized carbons (Fsp3) is 0.290. The van der Waals surface area contributed by atoms with Crippen molar-refractivity contribution < 1.29 is 12.8 Å². The molecule has 0 saturated carbocycles. The molecule has 5 rings (SSSR count). The summed E-state index contributed by atoms with van der Waals surface area (Å²) in [6.45, 7) is 11.4. The molecule has 4 aromatic rings. The molecule has 0 radical (unpaired) electrons. The van der Waals surface area contributed by atoms with E-state index in [0.29, 0.717) is 11.1 Å². The van der Waals surface area contributed by atoms with Crippen LogP contribution in [0.15, 0.2) is 78.0 Å². The zero-order chi connectivity index (χ0) is 26.8. The van der Waals surface area contributed by atoms with Gasteiger partial charge in [-0.2, -0.15) is 0 Å². The number of aromatic amines is 1. The van der Waals surface area contributed by atoms with Crippen LogP contribution in [0.2, 0.25) is 0 Å². The summed E-state index contributed by atoms with van der Waals surface area (Å²) < 4.78 is 46.0. The number of hydrogen-bond donors (Lipinski definition) is 1. The number of nitrogens with one attached hydrogen (secondary N) is 1. The lowest BCUT2D eigenvalue weighted by Crippen LogP contribution is -2.34. The third-order valence-corrected chi connectivity index (χ3v) is 8.82. The molecule has 1 aromatic heterocycles. The van der Waals surface area contributed by atoms with E-state index in [4.69, 9.17) is 0 Å². The molecular weight excluding hydrogens is 483 g/mol. The number of halogens is 1. The van der Waals surface area contributed by atoms with E-state index in [-0.39, 0.29) is 10.7 Å². The van der Waals surface area contributed by atoms with Crippen LogP contribution in [0.25, 0.3) is 17.0 Å². The van der Waals surface area contributed by atoms with E-state index in [2.05, 4.69) is 4.98 Å². The number of fused-ring (bicyclic) bond motifs is 2. The number of rotatable bonds is 3. The summed E-state index contributed by atoms with van der Waals surface area (Å²) in [6.07, 6.45) is 5.36. The van der Waals surface area contributed by atoms with E-state index >= 15 is 4.39 Å². The lowest BCUT2D eigenvalue weighted by Gasteiger charge is -2.35. The highest BCUT2D eigenvalue weighted by molar-refractivity contribution is 7.89. The Morgan fingerprint density at radius 3 is 2.08 bits per heavy atom. The molecule has 192 valence electrons. The van der Waals surface area contributed by atoms with Crippen molar-refractivity contribution in [2.75, 3.05) is 0 Å². The second-order valence-electron chi connectivity index (χ2n) is 11.8. The van der Waals surface area contributed by atoms with E-state index in [1.807, 2.05) is 102 Å². The highest BCUT2D eigenvalue weighted by Gasteiger charge is 2.37. The van der Waals surface area contributed by atoms with Gasteiger partial charge in [-0.15, -0.1) is 0 Å². The Balaban J connectivity index is 1.76. The molecule has 0 spiro atoms. The molecule has 0 aliphatic carbocycles. The molecule has 0 saturated heterocycles. The van der Waals surface area contributed by atoms with Gasteiger partial charge >= 0.3 is 0 Å². The van der Waals surface area contributed by atoms with Crippen molar-refractivity contribution in [2.45, 2.75) is 63.3 Å². The van der Waals surface area contributed by atoms with E-state index < -0.39 is 26.9 Å². The van der Waals surface area contributed by atoms with Crippen LogP contribution in [0.4, 0.5) is 4.39 Å². The number of benzene rings is 3. The van der Waals surface area contributed by atoms with Crippen molar-refractivity contribution in [3.8, 4) is 0 Å². The fourth-order valence-electron chi connectivity index (χ4n) is 5.09. The summed E-state index contributed by atoms with van der Waals surface area (Å²) >= 11 is 0. The fourth-order valence-corrected chi connectivity index (χ4v) is 6.60. The Labute approximate surface area is 218 Å². The van der Waals surface area contributed by atoms with Crippen LogP contribution in [0.1, 0.15) is 75.4 Å². The predicted molar refractivity (Wildman–Crippen MR) is 148 cm³/mol. The second kappa shape index (κ2) is 8.59. The van der Waals surface area contributed by atoms with Gasteiger partial charge in [0, 0.05) is 28.9 Å². The van der Waals surface area contributed by atoms with E-state index in [1.54, 1.807) is 6.20 Å². The molecule has 1 aliphatic heterocycles. The van der Waals surface area contributed by atoms with Crippen molar-refractivity contribution in [1.29, 1.82) is 0 Å². The second-order valence-corrected chi connectivity index (χ2v) is 13.6. The first-order valence-electron chi connectivity index (χ1n) is 12.5. The van der Waals surface area contributed by atoms with Crippen LogP contribution in [-0.2, 0) is 20.9 Å². The van der Waals surface area contributed by atoms with Crippen molar-refractivity contribution in [3.05, 3.63) is 107 Å². The van der Waals surface area contributed by atoms with E-state index in [9.17, 15) is 8.42 Å². The number of H-pyrrole nitrogens is 1. The molecule has 0 bridgehead atoms. The minimum absolute atomic E-state index is 0.0950. The molecule has 1 aliphatic rings. The van der Waals surface area contributed by atoms with Crippen LogP contribution >= 0.6 is 0 Å². The Bertz CT molecular complexity index is 1600. The molecule has 4 nitrogen and oxygen atoms in total. The number of aromatic nitrogens is 1. The smallest absolute Gasteiger partial charge is 0.264 e. The van der Waals surface area contributed by atoms with Crippen molar-refractivity contribution in [3.63, 3.8) is 0 Å². The maximum atomic E-state index is 15.7. The molecule has 3 aromatic carbocycles. The summed E-state index contributed by atoms with van der Waals surface area (Å²) in [6, 6.07) is 18.2. The van der Waals surface area contributed by atoms with E-state index in [0.717, 1.165) is 27.6 Å². The standard InChI is InChI=1S/C31H33FN2O2S/c1-30(2,3)25-17-21(18-26(28(25)32)31(4,5)6)37(35,36)34-16-15-20-11-7-8-12-22(20)29(34)24-19-33-27-14-10-9-13-23(24)27/h7-19,29,33H,1-6H3. The molecule has 1 atom stereocenters. The van der Waals surface area contributed by atoms with Crippen LogP contribution in [-0.4, -0.2) is 17.7 Å². The molecule has 1 unspecified atom stereocenters. The van der Waals surface area contributed by atoms with Crippen molar-refractivity contribution in [2.24, 2.45) is 0 Å². The van der Waals surface area contributed by atoms with Gasteiger partial charge in [-0.3, -0.25) is 4.31 Å². The Morgan fingerprint density at radius 1 is 0.838 bits per heavy atom. The Hall–Kier alpha value is -3.38. The third-order valence-electron chi connectivity index (χ3n) is 7.10. The van der Waals surface area contributed by atoms with Gasteiger partial charge in [-0.05, 0) is 57.4 Å². The quantitative estimate of drug-likeness (QED) is 0.304. The van der Waals surface area contributed by atoms with Gasteiger partial charge in [-0.25, -0.2) is 12.8 Å². The van der Waals surface area contributed by atoms with Crippen molar-refractivity contribution >= 4 is 27.0 Å². The van der Waals surface area contributed by atoms with Gasteiger partial charge in [0.15, 0.2) is 0 Å². The average molecular weight is 517 g/mol. The van der Waals surface area contributed by atoms with Gasteiger partial charge in [0.25, 0.3) is 10.0 Å². The number of para-hydroxylation sites is 1. The molecule has 6 heteroatoms. The molecule has 1 N–H and O–H groups in total. The Morgan fingerprint density at radius 2 is 1.43 bits per heavy atom. The Kier molecular flexibility index (Phi) is 5.87. The summed E-state index contributed by atoms with van der Waals surface area (Å²) in [5.41, 5.74) is 3.31. The zero-order valence-corrected chi connectivity index (χ0v) is 22.9. The van der Waals surface area contributed by atoms with Gasteiger partial charge in [0.1, 0.15) is 5.82 Å². The number of sulfonamides is 1. The van der Waals surface area contributed by atoms with Crippen LogP contribution < -0.4 is 0 Å². The lowest BCUT2D eigenvalue weighted by atomic mass is 9.80. The van der Waals surface area contributed by atoms with Gasteiger partial charge in [0.2, 0.25) is 0 Å². The SMILES string of the molecule is CC(C)(C)c1cc(S(=O)(=O)N2C=Cc3ccccc3C2c2c[nH]c3ccccc23)cc(C(C)(C)C)c1F. The summed E-state index contributed by atoms with van der Waals surface area (Å²) in [5.74, 6) is -0.341. The topological polar surface area (TPSA) is 53.2 Å². The molecule has 2 heterocycles. The normalized spacial score (nSPS) is 16.3. The number of hydrogen-bond acceptors (Lipinski definition) is 2. The summed E-state index contributed by atoms with van der Waals surface area (Å²) in [5, 5.41) is 0.961. The average Bonchev–Trinajstić information content (AvgIpc) is 3.25. The van der Waals surface area contributed by atoms with Crippen LogP contribution in [0, 0.1) is 5.82 Å². The van der Waals surface area contributed by atoms with Crippen LogP contribution in [0.3, 0.4) is 0 Å². The van der Waals surface area contributed by atoms with E-state index in [1.165, 1.54) is 16.4 Å². The maximum Gasteiger partial charge on any atom is 0.264 e. The van der Waals surface area contributed by atoms with Gasteiger partial charge in [-0.1, -0.05) is 84.0 Å². The van der Waals surface area contributed by atoms with Crippen LogP contribution in [0.5, 0.6) is 0 Å². The summed E-state index contributed by atoms with van der Waals surface area (Å²) in [7, 11) is -4.06. The largest absolute Gasteiger partial charge is 0.361 e. The molecule has 0 amide bonds. The first kappa shape index (κ1) is 25.3. The van der Waals surface area contributed by atoms with Gasteiger partial charge < -0.3 is 4.98 Å². The molecule has 0 fully saturated rings. The first-order chi connectivity index (χ1) is 17.3. The van der Waals surface area contributed by atoms with Gasteiger partial charge in [0.05, 0.1) is 10.9 Å². The lowest BCUT2D eigenvalue weighted by molar-refractivity contribution is 0.446. The first-order valence-corrected chi connectivity index (χ1v) is 14.0. The predicted octanol–water partition coefficient (Wildman–Crippen LogP) is 7.67.